The number of hydrogen-bond donors (Lipinski definition) is 6. The molecule has 8 N–H and O–H groups in total. The van der Waals surface area contributed by atoms with E-state index in [0.717, 1.165) is 31.3 Å². The van der Waals surface area contributed by atoms with Crippen molar-refractivity contribution in [3.05, 3.63) is 76.2 Å². The van der Waals surface area contributed by atoms with Crippen molar-refractivity contribution in [1.82, 2.24) is 16.1 Å². The predicted molar refractivity (Wildman–Crippen MR) is 162 cm³/mol. The summed E-state index contributed by atoms with van der Waals surface area (Å²) in [6.45, 7) is 8.61. The lowest BCUT2D eigenvalue weighted by Crippen LogP contribution is -2.41. The molecule has 1 saturated carbocycles. The van der Waals surface area contributed by atoms with Gasteiger partial charge < -0.3 is 36.7 Å². The highest BCUT2D eigenvalue weighted by Crippen LogP contribution is 2.27. The molecular formula is C29H41ClFN7O3. The summed E-state index contributed by atoms with van der Waals surface area (Å²) < 4.78 is 25.0. The Hall–Kier alpha value is -3.38. The van der Waals surface area contributed by atoms with Gasteiger partial charge >= 0.3 is 0 Å². The number of rotatable bonds is 14. The molecule has 0 bridgehead atoms. The molecule has 12 heteroatoms. The van der Waals surface area contributed by atoms with Crippen LogP contribution in [0.3, 0.4) is 0 Å². The van der Waals surface area contributed by atoms with Crippen LogP contribution in [0.4, 0.5) is 10.1 Å². The first kappa shape index (κ1) is 32.1. The van der Waals surface area contributed by atoms with Crippen LogP contribution in [-0.2, 0) is 9.47 Å². The molecule has 1 aromatic carbocycles. The van der Waals surface area contributed by atoms with Crippen molar-refractivity contribution in [1.29, 1.82) is 0 Å². The minimum atomic E-state index is -0.466. The van der Waals surface area contributed by atoms with Gasteiger partial charge in [-0.1, -0.05) is 23.8 Å². The monoisotopic (exact) mass is 589 g/mol. The molecular weight excluding hydrogens is 549 g/mol. The summed E-state index contributed by atoms with van der Waals surface area (Å²) in [4.78, 5) is 4.42. The fourth-order valence-electron chi connectivity index (χ4n) is 4.37. The summed E-state index contributed by atoms with van der Waals surface area (Å²) in [6, 6.07) is 4.09. The van der Waals surface area contributed by atoms with Crippen LogP contribution >= 0.6 is 11.6 Å². The number of amidine groups is 1. The number of nitrogens with two attached hydrogens (primary N) is 2. The summed E-state index contributed by atoms with van der Waals surface area (Å²) in [5.74, 6) is 0.195. The van der Waals surface area contributed by atoms with E-state index in [0.29, 0.717) is 36.1 Å². The largest absolute Gasteiger partial charge is 0.477 e. The van der Waals surface area contributed by atoms with E-state index in [1.165, 1.54) is 18.2 Å². The normalized spacial score (nSPS) is 21.5. The third kappa shape index (κ3) is 10.5. The van der Waals surface area contributed by atoms with Crippen LogP contribution in [0.15, 0.2) is 75.4 Å². The van der Waals surface area contributed by atoms with Gasteiger partial charge in [0.25, 0.3) is 0 Å². The highest BCUT2D eigenvalue weighted by atomic mass is 35.5. The lowest BCUT2D eigenvalue weighted by molar-refractivity contribution is 0.0497. The van der Waals surface area contributed by atoms with Crippen LogP contribution < -0.4 is 27.5 Å². The van der Waals surface area contributed by atoms with Crippen LogP contribution in [-0.4, -0.2) is 61.7 Å². The van der Waals surface area contributed by atoms with E-state index in [1.807, 2.05) is 19.9 Å². The van der Waals surface area contributed by atoms with Gasteiger partial charge in [-0.15, -0.1) is 0 Å². The Morgan fingerprint density at radius 1 is 1.32 bits per heavy atom. The number of aliphatic hydroxyl groups is 1. The Labute approximate surface area is 246 Å². The third-order valence-corrected chi connectivity index (χ3v) is 6.67. The van der Waals surface area contributed by atoms with E-state index < -0.39 is 5.82 Å². The Balaban J connectivity index is 1.89. The second-order valence-corrected chi connectivity index (χ2v) is 10.5. The van der Waals surface area contributed by atoms with E-state index in [9.17, 15) is 4.39 Å². The molecule has 2 aliphatic rings. The first-order valence-corrected chi connectivity index (χ1v) is 14.1. The lowest BCUT2D eigenvalue weighted by Gasteiger charge is -2.31. The van der Waals surface area contributed by atoms with E-state index in [1.54, 1.807) is 12.3 Å². The number of halogens is 2. The quantitative estimate of drug-likeness (QED) is 0.0634. The molecule has 224 valence electrons. The van der Waals surface area contributed by atoms with Crippen molar-refractivity contribution in [2.24, 2.45) is 21.6 Å². The maximum absolute atomic E-state index is 13.9. The zero-order valence-electron chi connectivity index (χ0n) is 23.6. The van der Waals surface area contributed by atoms with E-state index in [-0.39, 0.29) is 47.9 Å². The van der Waals surface area contributed by atoms with Crippen LogP contribution in [0.5, 0.6) is 0 Å². The Morgan fingerprint density at radius 3 is 2.78 bits per heavy atom. The van der Waals surface area contributed by atoms with Gasteiger partial charge in [0.2, 0.25) is 0 Å². The highest BCUT2D eigenvalue weighted by Gasteiger charge is 2.25. The molecule has 1 heterocycles. The molecule has 1 unspecified atom stereocenters. The summed E-state index contributed by atoms with van der Waals surface area (Å²) >= 11 is 6.25. The molecule has 41 heavy (non-hydrogen) atoms. The molecule has 1 fully saturated rings. The summed E-state index contributed by atoms with van der Waals surface area (Å²) in [6.07, 6.45) is 8.97. The van der Waals surface area contributed by atoms with Gasteiger partial charge in [0.15, 0.2) is 5.88 Å². The molecule has 0 spiro atoms. The standard InChI is InChI=1S/C29H41ClFN7O3/c1-18(2)14-27(41-13-12-40-11-10-39)35-19(3)15-26-28(36-22-7-5-21(32)6-8-22)23(17-34-38-26)29(33)37-25-16-20(31)4-9-24(25)30/h4,9,14-17,19,21-22,35-36,38-39H,1,5-8,10-13,32H2,2-3H3,(H2,33,37)/b26-15-,27-14+/t19?,21-,22-. The summed E-state index contributed by atoms with van der Waals surface area (Å²) in [7, 11) is 0. The van der Waals surface area contributed by atoms with E-state index in [2.05, 4.69) is 32.7 Å². The average molecular weight is 590 g/mol. The third-order valence-electron chi connectivity index (χ3n) is 6.35. The van der Waals surface area contributed by atoms with Gasteiger partial charge in [0, 0.05) is 30.3 Å². The molecule has 0 saturated heterocycles. The zero-order valence-corrected chi connectivity index (χ0v) is 24.4. The smallest absolute Gasteiger partial charge is 0.187 e. The van der Waals surface area contributed by atoms with Crippen molar-refractivity contribution in [2.45, 2.75) is 57.7 Å². The van der Waals surface area contributed by atoms with Crippen molar-refractivity contribution in [3.8, 4) is 0 Å². The van der Waals surface area contributed by atoms with Gasteiger partial charge in [-0.05, 0) is 57.7 Å². The van der Waals surface area contributed by atoms with E-state index >= 15 is 0 Å². The second-order valence-electron chi connectivity index (χ2n) is 10.1. The van der Waals surface area contributed by atoms with Crippen molar-refractivity contribution < 1.29 is 19.0 Å². The van der Waals surface area contributed by atoms with Gasteiger partial charge in [-0.2, -0.15) is 5.10 Å². The SMILES string of the molecule is C=C(C)/C=C(\NC(C)/C=C1\NN=CC(C(/N)=N/c2cc(F)ccc2Cl)=C1N[C@H]1CC[C@H](N)CC1)OCCOCCO. The van der Waals surface area contributed by atoms with Gasteiger partial charge in [-0.25, -0.2) is 9.38 Å². The molecule has 0 amide bonds. The second kappa shape index (κ2) is 16.2. The van der Waals surface area contributed by atoms with Gasteiger partial charge in [0.1, 0.15) is 18.3 Å². The zero-order chi connectivity index (χ0) is 29.8. The maximum Gasteiger partial charge on any atom is 0.187 e. The minimum Gasteiger partial charge on any atom is -0.477 e. The molecule has 1 aliphatic carbocycles. The number of allylic oxidation sites excluding steroid dienone is 2. The minimum absolute atomic E-state index is 0.0448. The van der Waals surface area contributed by atoms with Crippen LogP contribution in [0.25, 0.3) is 0 Å². The number of ether oxygens (including phenoxy) is 2. The topological polar surface area (TPSA) is 152 Å². The number of nitrogens with zero attached hydrogens (tertiary/aromatic N) is 2. The van der Waals surface area contributed by atoms with Crippen molar-refractivity contribution in [3.63, 3.8) is 0 Å². The number of hydrazone groups is 1. The van der Waals surface area contributed by atoms with E-state index in [4.69, 9.17) is 37.6 Å². The van der Waals surface area contributed by atoms with Crippen molar-refractivity contribution >= 4 is 29.3 Å². The first-order chi connectivity index (χ1) is 19.7. The van der Waals surface area contributed by atoms with Crippen molar-refractivity contribution in [2.75, 3.05) is 26.4 Å². The number of aliphatic imine (C=N–C) groups is 1. The Bertz CT molecular complexity index is 1210. The number of aliphatic hydroxyl groups excluding tert-OH is 1. The van der Waals surface area contributed by atoms with Crippen LogP contribution in [0, 0.1) is 5.82 Å². The molecule has 0 radical (unpaired) electrons. The number of benzene rings is 1. The molecule has 0 aromatic heterocycles. The molecule has 3 rings (SSSR count). The number of hydrogen-bond acceptors (Lipinski definition) is 9. The van der Waals surface area contributed by atoms with Crippen LogP contribution in [0.1, 0.15) is 39.5 Å². The van der Waals surface area contributed by atoms with Crippen LogP contribution in [0.2, 0.25) is 5.02 Å². The fourth-order valence-corrected chi connectivity index (χ4v) is 4.53. The fraction of sp³-hybridized carbons (Fsp3) is 0.448. The first-order valence-electron chi connectivity index (χ1n) is 13.7. The predicted octanol–water partition coefficient (Wildman–Crippen LogP) is 3.48. The Kier molecular flexibility index (Phi) is 12.7. The average Bonchev–Trinajstić information content (AvgIpc) is 2.92. The summed E-state index contributed by atoms with van der Waals surface area (Å²) in [5.41, 5.74) is 18.6. The maximum atomic E-state index is 13.9. The molecule has 1 aromatic rings. The Morgan fingerprint density at radius 2 is 2.07 bits per heavy atom. The number of nitrogens with one attached hydrogen (secondary N) is 3. The van der Waals surface area contributed by atoms with Gasteiger partial charge in [0.05, 0.1) is 53.7 Å². The molecule has 1 atom stereocenters. The lowest BCUT2D eigenvalue weighted by atomic mass is 9.91. The molecule has 1 aliphatic heterocycles. The molecule has 10 nitrogen and oxygen atoms in total. The van der Waals surface area contributed by atoms with Gasteiger partial charge in [-0.3, -0.25) is 5.43 Å². The summed E-state index contributed by atoms with van der Waals surface area (Å²) in [5, 5.41) is 20.4. The highest BCUT2D eigenvalue weighted by molar-refractivity contribution is 6.33.